The van der Waals surface area contributed by atoms with E-state index in [1.165, 1.54) is 7.11 Å². The molecule has 11 heteroatoms. The predicted molar refractivity (Wildman–Crippen MR) is 123 cm³/mol. The van der Waals surface area contributed by atoms with Crippen LogP contribution in [0.2, 0.25) is 0 Å². The van der Waals surface area contributed by atoms with E-state index in [9.17, 15) is 18.0 Å². The van der Waals surface area contributed by atoms with E-state index in [1.54, 1.807) is 49.6 Å². The molecular weight excluding hydrogens is 451 g/mol. The minimum atomic E-state index is -4.37. The molecule has 8 nitrogen and oxygen atoms in total. The van der Waals surface area contributed by atoms with Crippen molar-refractivity contribution < 1.29 is 27.5 Å². The van der Waals surface area contributed by atoms with Gasteiger partial charge in [0.25, 0.3) is 5.91 Å². The first-order valence-corrected chi connectivity index (χ1v) is 11.1. The molecule has 34 heavy (non-hydrogen) atoms. The Morgan fingerprint density at radius 1 is 1.15 bits per heavy atom. The molecule has 1 aromatic heterocycles. The maximum Gasteiger partial charge on any atom is 0.422 e. The number of hydroxylamine groups is 2. The third kappa shape index (κ3) is 7.22. The molecule has 0 spiro atoms. The first-order valence-electron chi connectivity index (χ1n) is 11.1. The Bertz CT molecular complexity index is 936. The van der Waals surface area contributed by atoms with Crippen LogP contribution >= 0.6 is 0 Å². The molecule has 1 N–H and O–H groups in total. The molecule has 1 aliphatic heterocycles. The molecule has 1 aliphatic rings. The standard InChI is InChI=1S/C23H30F3N5O3/c1-29(33-2)22(32)18-7-5-10-27-21(18)28-11-6-12-30-13-15-31(16-14-30)19-8-3-4-9-20(19)34-17-23(24,25)26/h3-5,7-10H,6,11-17H2,1-2H3,(H,27,28). The Morgan fingerprint density at radius 3 is 2.59 bits per heavy atom. The van der Waals surface area contributed by atoms with Gasteiger partial charge in [0.15, 0.2) is 6.61 Å². The largest absolute Gasteiger partial charge is 0.482 e. The first kappa shape index (κ1) is 25.6. The average Bonchev–Trinajstić information content (AvgIpc) is 2.85. The van der Waals surface area contributed by atoms with Crippen LogP contribution < -0.4 is 15.0 Å². The fraction of sp³-hybridized carbons (Fsp3) is 0.478. The number of halogens is 3. The topological polar surface area (TPSA) is 70.2 Å². The number of hydrogen-bond donors (Lipinski definition) is 1. The van der Waals surface area contributed by atoms with Gasteiger partial charge in [-0.15, -0.1) is 0 Å². The molecule has 1 amide bonds. The summed E-state index contributed by atoms with van der Waals surface area (Å²) in [6.45, 7) is 3.16. The number of alkyl halides is 3. The van der Waals surface area contributed by atoms with Crippen LogP contribution in [0.5, 0.6) is 5.75 Å². The molecule has 1 saturated heterocycles. The fourth-order valence-electron chi connectivity index (χ4n) is 3.69. The number of para-hydroxylation sites is 2. The normalized spacial score (nSPS) is 14.7. The number of pyridine rings is 1. The number of hydrogen-bond acceptors (Lipinski definition) is 7. The predicted octanol–water partition coefficient (Wildman–Crippen LogP) is 3.28. The summed E-state index contributed by atoms with van der Waals surface area (Å²) in [7, 11) is 2.97. The van der Waals surface area contributed by atoms with Crippen LogP contribution in [0.1, 0.15) is 16.8 Å². The quantitative estimate of drug-likeness (QED) is 0.413. The number of amides is 1. The molecular formula is C23H30F3N5O3. The molecule has 1 fully saturated rings. The number of anilines is 2. The van der Waals surface area contributed by atoms with E-state index in [4.69, 9.17) is 9.57 Å². The van der Waals surface area contributed by atoms with E-state index >= 15 is 0 Å². The van der Waals surface area contributed by atoms with Crippen molar-refractivity contribution >= 4 is 17.4 Å². The first-order chi connectivity index (χ1) is 16.3. The summed E-state index contributed by atoms with van der Waals surface area (Å²) in [5, 5.41) is 4.37. The zero-order valence-corrected chi connectivity index (χ0v) is 19.3. The lowest BCUT2D eigenvalue weighted by Gasteiger charge is -2.36. The van der Waals surface area contributed by atoms with Crippen LogP contribution in [0, 0.1) is 0 Å². The fourth-order valence-corrected chi connectivity index (χ4v) is 3.69. The van der Waals surface area contributed by atoms with Gasteiger partial charge < -0.3 is 15.0 Å². The van der Waals surface area contributed by atoms with Gasteiger partial charge in [0.2, 0.25) is 0 Å². The summed E-state index contributed by atoms with van der Waals surface area (Å²) >= 11 is 0. The molecule has 0 atom stereocenters. The van der Waals surface area contributed by atoms with E-state index in [1.807, 2.05) is 0 Å². The van der Waals surface area contributed by atoms with Gasteiger partial charge in [0.1, 0.15) is 11.6 Å². The molecule has 186 valence electrons. The monoisotopic (exact) mass is 481 g/mol. The number of carbonyl (C=O) groups excluding carboxylic acids is 1. The molecule has 0 unspecified atom stereocenters. The molecule has 0 bridgehead atoms. The van der Waals surface area contributed by atoms with Crippen molar-refractivity contribution in [1.29, 1.82) is 0 Å². The lowest BCUT2D eigenvalue weighted by atomic mass is 10.2. The number of nitrogens with one attached hydrogen (secondary N) is 1. The number of piperazine rings is 1. The van der Waals surface area contributed by atoms with Crippen LogP contribution in [-0.2, 0) is 4.84 Å². The zero-order valence-electron chi connectivity index (χ0n) is 19.3. The van der Waals surface area contributed by atoms with Crippen molar-refractivity contribution in [2.75, 3.05) is 70.2 Å². The second kappa shape index (κ2) is 11.9. The van der Waals surface area contributed by atoms with Gasteiger partial charge in [0, 0.05) is 46.0 Å². The van der Waals surface area contributed by atoms with E-state index in [0.717, 1.165) is 31.1 Å². The lowest BCUT2D eigenvalue weighted by Crippen LogP contribution is -2.47. The SMILES string of the molecule is CON(C)C(=O)c1cccnc1NCCCN1CCN(c2ccccc2OCC(F)(F)F)CC1. The molecule has 2 aromatic rings. The summed E-state index contributed by atoms with van der Waals surface area (Å²) in [6.07, 6.45) is -1.90. The van der Waals surface area contributed by atoms with E-state index in [2.05, 4.69) is 20.1 Å². The Kier molecular flexibility index (Phi) is 8.94. The highest BCUT2D eigenvalue weighted by Crippen LogP contribution is 2.30. The maximum absolute atomic E-state index is 12.6. The second-order valence-corrected chi connectivity index (χ2v) is 7.87. The van der Waals surface area contributed by atoms with Gasteiger partial charge in [-0.2, -0.15) is 13.2 Å². The average molecular weight is 482 g/mol. The molecule has 0 radical (unpaired) electrons. The van der Waals surface area contributed by atoms with E-state index < -0.39 is 12.8 Å². The van der Waals surface area contributed by atoms with Crippen LogP contribution in [0.15, 0.2) is 42.6 Å². The minimum Gasteiger partial charge on any atom is -0.482 e. The van der Waals surface area contributed by atoms with Crippen LogP contribution in [0.25, 0.3) is 0 Å². The second-order valence-electron chi connectivity index (χ2n) is 7.87. The zero-order chi connectivity index (χ0) is 24.6. The third-order valence-electron chi connectivity index (χ3n) is 5.51. The highest BCUT2D eigenvalue weighted by Gasteiger charge is 2.29. The van der Waals surface area contributed by atoms with Crippen molar-refractivity contribution in [2.45, 2.75) is 12.6 Å². The number of aromatic nitrogens is 1. The van der Waals surface area contributed by atoms with Gasteiger partial charge in [-0.3, -0.25) is 14.5 Å². The molecule has 3 rings (SSSR count). The van der Waals surface area contributed by atoms with Gasteiger partial charge in [-0.05, 0) is 37.2 Å². The van der Waals surface area contributed by atoms with Gasteiger partial charge in [-0.25, -0.2) is 10.0 Å². The molecule has 2 heterocycles. The van der Waals surface area contributed by atoms with Gasteiger partial charge in [-0.1, -0.05) is 12.1 Å². The maximum atomic E-state index is 12.6. The summed E-state index contributed by atoms with van der Waals surface area (Å²) in [6, 6.07) is 10.2. The Labute approximate surface area is 197 Å². The number of ether oxygens (including phenoxy) is 1. The Balaban J connectivity index is 1.45. The summed E-state index contributed by atoms with van der Waals surface area (Å²) in [5.41, 5.74) is 1.12. The number of benzene rings is 1. The van der Waals surface area contributed by atoms with Crippen molar-refractivity contribution in [3.63, 3.8) is 0 Å². The van der Waals surface area contributed by atoms with Crippen molar-refractivity contribution in [3.8, 4) is 5.75 Å². The number of rotatable bonds is 10. The molecule has 1 aromatic carbocycles. The smallest absolute Gasteiger partial charge is 0.422 e. The van der Waals surface area contributed by atoms with Crippen molar-refractivity contribution in [2.24, 2.45) is 0 Å². The third-order valence-corrected chi connectivity index (χ3v) is 5.51. The van der Waals surface area contributed by atoms with E-state index in [-0.39, 0.29) is 11.7 Å². The van der Waals surface area contributed by atoms with Gasteiger partial charge >= 0.3 is 6.18 Å². The minimum absolute atomic E-state index is 0.248. The van der Waals surface area contributed by atoms with Crippen molar-refractivity contribution in [3.05, 3.63) is 48.2 Å². The number of carbonyl (C=O) groups is 1. The van der Waals surface area contributed by atoms with Crippen molar-refractivity contribution in [1.82, 2.24) is 14.9 Å². The van der Waals surface area contributed by atoms with E-state index in [0.29, 0.717) is 36.7 Å². The Hall–Kier alpha value is -3.05. The number of nitrogens with zero attached hydrogens (tertiary/aromatic N) is 4. The van der Waals surface area contributed by atoms with Crippen LogP contribution in [0.4, 0.5) is 24.7 Å². The van der Waals surface area contributed by atoms with Crippen LogP contribution in [0.3, 0.4) is 0 Å². The molecule has 0 aliphatic carbocycles. The Morgan fingerprint density at radius 2 is 1.88 bits per heavy atom. The highest BCUT2D eigenvalue weighted by molar-refractivity contribution is 5.97. The highest BCUT2D eigenvalue weighted by atomic mass is 19.4. The molecule has 0 saturated carbocycles. The van der Waals surface area contributed by atoms with Gasteiger partial charge in [0.05, 0.1) is 18.4 Å². The summed E-state index contributed by atoms with van der Waals surface area (Å²) in [4.78, 5) is 26.0. The lowest BCUT2D eigenvalue weighted by molar-refractivity contribution is -0.153. The summed E-state index contributed by atoms with van der Waals surface area (Å²) in [5.74, 6) is 0.475. The summed E-state index contributed by atoms with van der Waals surface area (Å²) < 4.78 is 42.7. The van der Waals surface area contributed by atoms with Crippen LogP contribution in [-0.4, -0.2) is 87.1 Å².